The van der Waals surface area contributed by atoms with Crippen LogP contribution in [0, 0.1) is 0 Å². The van der Waals surface area contributed by atoms with Crippen molar-refractivity contribution in [2.24, 2.45) is 0 Å². The Hall–Kier alpha value is -1.21. The van der Waals surface area contributed by atoms with Gasteiger partial charge in [-0.1, -0.05) is 13.0 Å². The molecule has 0 bridgehead atoms. The van der Waals surface area contributed by atoms with Gasteiger partial charge in [0, 0.05) is 6.04 Å². The molecule has 2 rings (SSSR count). The number of benzene rings is 1. The van der Waals surface area contributed by atoms with Gasteiger partial charge in [0.05, 0.1) is 11.5 Å². The van der Waals surface area contributed by atoms with E-state index in [1.807, 2.05) is 30.7 Å². The highest BCUT2D eigenvalue weighted by molar-refractivity contribution is 7.89. The predicted octanol–water partition coefficient (Wildman–Crippen LogP) is 2.84. The summed E-state index contributed by atoms with van der Waals surface area (Å²) in [7, 11) is -3.60. The molecule has 0 saturated heterocycles. The molecule has 1 unspecified atom stereocenters. The maximum absolute atomic E-state index is 12.4. The first-order chi connectivity index (χ1) is 9.97. The lowest BCUT2D eigenvalue weighted by atomic mass is 10.1. The summed E-state index contributed by atoms with van der Waals surface area (Å²) >= 11 is 1.53. The van der Waals surface area contributed by atoms with E-state index in [9.17, 15) is 13.5 Å². The van der Waals surface area contributed by atoms with Crippen molar-refractivity contribution in [2.45, 2.75) is 37.8 Å². The maximum atomic E-state index is 12.4. The first-order valence-corrected chi connectivity index (χ1v) is 9.17. The Morgan fingerprint density at radius 1 is 1.29 bits per heavy atom. The number of sulfonamides is 1. The molecule has 1 aromatic heterocycles. The quantitative estimate of drug-likeness (QED) is 0.858. The van der Waals surface area contributed by atoms with Gasteiger partial charge in [-0.3, -0.25) is 0 Å². The number of hydrogen-bond acceptors (Lipinski definition) is 4. The topological polar surface area (TPSA) is 66.4 Å². The average molecular weight is 325 g/mol. The molecular weight excluding hydrogens is 306 g/mol. The highest BCUT2D eigenvalue weighted by atomic mass is 32.2. The molecule has 2 aromatic rings. The largest absolute Gasteiger partial charge is 0.392 e. The molecule has 0 aliphatic rings. The third kappa shape index (κ3) is 3.71. The molecule has 0 amide bonds. The second-order valence-corrected chi connectivity index (χ2v) is 7.34. The third-order valence-corrected chi connectivity index (χ3v) is 5.65. The van der Waals surface area contributed by atoms with Crippen molar-refractivity contribution >= 4 is 21.4 Å². The average Bonchev–Trinajstić information content (AvgIpc) is 3.00. The van der Waals surface area contributed by atoms with Crippen LogP contribution < -0.4 is 4.72 Å². The number of thiophene rings is 1. The number of aryl methyl sites for hydroxylation is 1. The van der Waals surface area contributed by atoms with Crippen molar-refractivity contribution in [1.29, 1.82) is 0 Å². The molecule has 114 valence electrons. The van der Waals surface area contributed by atoms with Gasteiger partial charge >= 0.3 is 0 Å². The fraction of sp³-hybridized carbons (Fsp3) is 0.333. The van der Waals surface area contributed by atoms with Crippen molar-refractivity contribution in [2.75, 3.05) is 0 Å². The predicted molar refractivity (Wildman–Crippen MR) is 84.8 cm³/mol. The highest BCUT2D eigenvalue weighted by Gasteiger charge is 2.19. The highest BCUT2D eigenvalue weighted by Crippen LogP contribution is 2.21. The minimum Gasteiger partial charge on any atom is -0.392 e. The summed E-state index contributed by atoms with van der Waals surface area (Å²) in [6.45, 7) is 3.62. The first-order valence-electron chi connectivity index (χ1n) is 6.75. The number of hydrogen-bond donors (Lipinski definition) is 2. The van der Waals surface area contributed by atoms with E-state index < -0.39 is 10.0 Å². The Labute approximate surface area is 129 Å². The van der Waals surface area contributed by atoms with E-state index in [-0.39, 0.29) is 17.5 Å². The Bertz CT molecular complexity index is 694. The van der Waals surface area contributed by atoms with Gasteiger partial charge in [-0.2, -0.15) is 11.3 Å². The van der Waals surface area contributed by atoms with Crippen LogP contribution >= 0.6 is 11.3 Å². The van der Waals surface area contributed by atoms with Crippen LogP contribution in [0.5, 0.6) is 0 Å². The van der Waals surface area contributed by atoms with Gasteiger partial charge in [-0.25, -0.2) is 13.1 Å². The van der Waals surface area contributed by atoms with Gasteiger partial charge < -0.3 is 5.11 Å². The molecule has 0 fully saturated rings. The molecule has 1 heterocycles. The standard InChI is InChI=1S/C15H19NO3S2/c1-3-12-4-5-15(8-14(12)9-17)21(18,19)16-11(2)13-6-7-20-10-13/h4-8,10-11,16-17H,3,9H2,1-2H3. The number of nitrogens with one attached hydrogen (secondary N) is 1. The van der Waals surface area contributed by atoms with E-state index in [0.29, 0.717) is 5.56 Å². The van der Waals surface area contributed by atoms with Crippen molar-refractivity contribution in [3.63, 3.8) is 0 Å². The Kier molecular flexibility index (Phi) is 5.16. The molecule has 2 N–H and O–H groups in total. The van der Waals surface area contributed by atoms with E-state index >= 15 is 0 Å². The maximum Gasteiger partial charge on any atom is 0.241 e. The summed E-state index contributed by atoms with van der Waals surface area (Å²) in [4.78, 5) is 0.186. The molecule has 0 aliphatic carbocycles. The Morgan fingerprint density at radius 3 is 2.62 bits per heavy atom. The van der Waals surface area contributed by atoms with Crippen LogP contribution in [-0.4, -0.2) is 13.5 Å². The minimum absolute atomic E-state index is 0.160. The fourth-order valence-electron chi connectivity index (χ4n) is 2.15. The molecule has 1 aromatic carbocycles. The van der Waals surface area contributed by atoms with E-state index in [1.54, 1.807) is 18.2 Å². The Balaban J connectivity index is 2.27. The van der Waals surface area contributed by atoms with Crippen molar-refractivity contribution < 1.29 is 13.5 Å². The second-order valence-electron chi connectivity index (χ2n) is 4.84. The van der Waals surface area contributed by atoms with Crippen molar-refractivity contribution in [3.05, 3.63) is 51.7 Å². The zero-order valence-electron chi connectivity index (χ0n) is 12.0. The Morgan fingerprint density at radius 2 is 2.05 bits per heavy atom. The number of aliphatic hydroxyl groups excluding tert-OH is 1. The third-order valence-electron chi connectivity index (χ3n) is 3.41. The van der Waals surface area contributed by atoms with Gasteiger partial charge in [0.15, 0.2) is 0 Å². The van der Waals surface area contributed by atoms with Crippen molar-refractivity contribution in [1.82, 2.24) is 4.72 Å². The number of aliphatic hydroxyl groups is 1. The van der Waals surface area contributed by atoms with Crippen LogP contribution in [0.4, 0.5) is 0 Å². The minimum atomic E-state index is -3.60. The summed E-state index contributed by atoms with van der Waals surface area (Å²) in [6, 6.07) is 6.50. The molecule has 21 heavy (non-hydrogen) atoms. The first kappa shape index (κ1) is 16.2. The van der Waals surface area contributed by atoms with E-state index in [2.05, 4.69) is 4.72 Å². The summed E-state index contributed by atoms with van der Waals surface area (Å²) in [6.07, 6.45) is 0.759. The summed E-state index contributed by atoms with van der Waals surface area (Å²) < 4.78 is 27.5. The lowest BCUT2D eigenvalue weighted by Crippen LogP contribution is -2.26. The van der Waals surface area contributed by atoms with Crippen LogP contribution in [0.15, 0.2) is 39.9 Å². The van der Waals surface area contributed by atoms with Gasteiger partial charge in [-0.05, 0) is 59.0 Å². The zero-order chi connectivity index (χ0) is 15.5. The van der Waals surface area contributed by atoms with Crippen LogP contribution in [0.25, 0.3) is 0 Å². The van der Waals surface area contributed by atoms with Gasteiger partial charge in [0.2, 0.25) is 10.0 Å². The molecule has 1 atom stereocenters. The zero-order valence-corrected chi connectivity index (χ0v) is 13.7. The van der Waals surface area contributed by atoms with E-state index in [1.165, 1.54) is 11.3 Å². The summed E-state index contributed by atoms with van der Waals surface area (Å²) in [5.74, 6) is 0. The van der Waals surface area contributed by atoms with E-state index in [4.69, 9.17) is 0 Å². The molecule has 0 radical (unpaired) electrons. The van der Waals surface area contributed by atoms with Gasteiger partial charge in [-0.15, -0.1) is 0 Å². The summed E-state index contributed by atoms with van der Waals surface area (Å²) in [5.41, 5.74) is 2.56. The van der Waals surface area contributed by atoms with Crippen LogP contribution in [0.1, 0.15) is 36.6 Å². The molecule has 0 spiro atoms. The lowest BCUT2D eigenvalue weighted by Gasteiger charge is -2.14. The van der Waals surface area contributed by atoms with Gasteiger partial charge in [0.1, 0.15) is 0 Å². The monoisotopic (exact) mass is 325 g/mol. The van der Waals surface area contributed by atoms with Crippen molar-refractivity contribution in [3.8, 4) is 0 Å². The van der Waals surface area contributed by atoms with Crippen LogP contribution in [-0.2, 0) is 23.1 Å². The SMILES string of the molecule is CCc1ccc(S(=O)(=O)NC(C)c2ccsc2)cc1CO. The summed E-state index contributed by atoms with van der Waals surface area (Å²) in [5, 5.41) is 13.2. The van der Waals surface area contributed by atoms with Crippen LogP contribution in [0.2, 0.25) is 0 Å². The van der Waals surface area contributed by atoms with Gasteiger partial charge in [0.25, 0.3) is 0 Å². The number of rotatable bonds is 6. The molecule has 0 aliphatic heterocycles. The van der Waals surface area contributed by atoms with Crippen LogP contribution in [0.3, 0.4) is 0 Å². The normalized spacial score (nSPS) is 13.3. The molecular formula is C15H19NO3S2. The molecule has 0 saturated carbocycles. The molecule has 6 heteroatoms. The fourth-order valence-corrected chi connectivity index (χ4v) is 4.19. The lowest BCUT2D eigenvalue weighted by molar-refractivity contribution is 0.280. The molecule has 4 nitrogen and oxygen atoms in total. The van der Waals surface area contributed by atoms with E-state index in [0.717, 1.165) is 17.5 Å². The smallest absolute Gasteiger partial charge is 0.241 e. The second kappa shape index (κ2) is 6.70.